The number of hydrogen-bond acceptors (Lipinski definition) is 7. The number of carbonyl (C=O) groups is 1. The van der Waals surface area contributed by atoms with E-state index in [4.69, 9.17) is 14.7 Å². The van der Waals surface area contributed by atoms with Crippen molar-refractivity contribution in [2.24, 2.45) is 0 Å². The molecule has 1 aromatic carbocycles. The number of H-pyrrole nitrogens is 1. The summed E-state index contributed by atoms with van der Waals surface area (Å²) in [6.07, 6.45) is 6.75. The fourth-order valence-corrected chi connectivity index (χ4v) is 4.51. The zero-order valence-electron chi connectivity index (χ0n) is 17.1. The van der Waals surface area contributed by atoms with Gasteiger partial charge in [0.25, 0.3) is 0 Å². The first-order chi connectivity index (χ1) is 15.7. The number of aromatic carboxylic acids is 1. The van der Waals surface area contributed by atoms with E-state index in [9.17, 15) is 9.90 Å². The molecule has 6 rings (SSSR count). The minimum Gasteiger partial charge on any atom is -0.478 e. The summed E-state index contributed by atoms with van der Waals surface area (Å²) in [4.78, 5) is 32.9. The number of carboxylic acid groups (broad SMARTS) is 1. The number of nitrogens with one attached hydrogen (secondary N) is 1. The number of pyridine rings is 1. The number of carboxylic acids is 1. The summed E-state index contributed by atoms with van der Waals surface area (Å²) in [6.45, 7) is 2.59. The lowest BCUT2D eigenvalue weighted by molar-refractivity contribution is 0.0696. The molecule has 4 aromatic rings. The van der Waals surface area contributed by atoms with Crippen LogP contribution in [0.25, 0.3) is 22.3 Å². The quantitative estimate of drug-likeness (QED) is 0.513. The van der Waals surface area contributed by atoms with Crippen LogP contribution < -0.4 is 9.80 Å². The smallest absolute Gasteiger partial charge is 0.337 e. The van der Waals surface area contributed by atoms with Crippen molar-refractivity contribution in [3.05, 3.63) is 60.7 Å². The standard InChI is InChI=1S/C23H20N6O3/c30-23(31)14-8-15(10-24-9-14)29-12-16-13-32-7-6-28(16)22-20(29)11-26-21(27-22)18-2-1-3-19-17(18)4-5-25-19/h1-5,8-11,16,25H,6-7,12-13H2,(H,30,31). The van der Waals surface area contributed by atoms with Crippen molar-refractivity contribution in [1.82, 2.24) is 19.9 Å². The average molecular weight is 428 g/mol. The lowest BCUT2D eigenvalue weighted by Crippen LogP contribution is -2.54. The van der Waals surface area contributed by atoms with Gasteiger partial charge in [-0.05, 0) is 18.2 Å². The summed E-state index contributed by atoms with van der Waals surface area (Å²) in [5, 5.41) is 10.5. The molecular formula is C23H20N6O3. The van der Waals surface area contributed by atoms with Gasteiger partial charge in [-0.25, -0.2) is 14.8 Å². The van der Waals surface area contributed by atoms with Crippen molar-refractivity contribution < 1.29 is 14.6 Å². The van der Waals surface area contributed by atoms with E-state index < -0.39 is 5.97 Å². The van der Waals surface area contributed by atoms with E-state index in [0.717, 1.165) is 34.5 Å². The molecular weight excluding hydrogens is 408 g/mol. The van der Waals surface area contributed by atoms with Crippen LogP contribution >= 0.6 is 0 Å². The summed E-state index contributed by atoms with van der Waals surface area (Å²) in [5.41, 5.74) is 3.66. The lowest BCUT2D eigenvalue weighted by Gasteiger charge is -2.45. The molecule has 0 radical (unpaired) electrons. The number of aromatic nitrogens is 4. The molecule has 0 aliphatic carbocycles. The Bertz CT molecular complexity index is 1340. The van der Waals surface area contributed by atoms with E-state index in [-0.39, 0.29) is 11.6 Å². The van der Waals surface area contributed by atoms with Gasteiger partial charge in [-0.1, -0.05) is 12.1 Å². The molecule has 5 heterocycles. The van der Waals surface area contributed by atoms with Crippen LogP contribution in [0.3, 0.4) is 0 Å². The Morgan fingerprint density at radius 3 is 3.06 bits per heavy atom. The molecule has 3 aromatic heterocycles. The van der Waals surface area contributed by atoms with Gasteiger partial charge in [-0.2, -0.15) is 0 Å². The predicted octanol–water partition coefficient (Wildman–Crippen LogP) is 3.08. The first-order valence-electron chi connectivity index (χ1n) is 10.4. The van der Waals surface area contributed by atoms with Crippen molar-refractivity contribution >= 4 is 34.1 Å². The highest BCUT2D eigenvalue weighted by molar-refractivity contribution is 5.94. The summed E-state index contributed by atoms with van der Waals surface area (Å²) in [7, 11) is 0. The Morgan fingerprint density at radius 1 is 1.22 bits per heavy atom. The number of benzene rings is 1. The third kappa shape index (κ3) is 2.97. The minimum atomic E-state index is -1.01. The van der Waals surface area contributed by atoms with Gasteiger partial charge in [0.2, 0.25) is 0 Å². The number of rotatable bonds is 3. The summed E-state index contributed by atoms with van der Waals surface area (Å²) in [6, 6.07) is 9.79. The second kappa shape index (κ2) is 7.31. The van der Waals surface area contributed by atoms with Crippen molar-refractivity contribution in [3.8, 4) is 11.4 Å². The highest BCUT2D eigenvalue weighted by atomic mass is 16.5. The van der Waals surface area contributed by atoms with E-state index in [2.05, 4.69) is 14.9 Å². The highest BCUT2D eigenvalue weighted by Crippen LogP contribution is 2.40. The predicted molar refractivity (Wildman–Crippen MR) is 119 cm³/mol. The number of nitrogens with zero attached hydrogens (tertiary/aromatic N) is 5. The van der Waals surface area contributed by atoms with E-state index in [1.54, 1.807) is 12.3 Å². The van der Waals surface area contributed by atoms with Crippen molar-refractivity contribution in [3.63, 3.8) is 0 Å². The Kier molecular flexibility index (Phi) is 4.29. The van der Waals surface area contributed by atoms with Crippen molar-refractivity contribution in [2.75, 3.05) is 36.1 Å². The molecule has 1 saturated heterocycles. The maximum absolute atomic E-state index is 11.5. The zero-order chi connectivity index (χ0) is 21.7. The summed E-state index contributed by atoms with van der Waals surface area (Å²) < 4.78 is 5.74. The number of aromatic amines is 1. The minimum absolute atomic E-state index is 0.0931. The Hall–Kier alpha value is -3.98. The van der Waals surface area contributed by atoms with Crippen LogP contribution in [-0.4, -0.2) is 63.4 Å². The molecule has 2 N–H and O–H groups in total. The van der Waals surface area contributed by atoms with Crippen LogP contribution in [0.15, 0.2) is 55.1 Å². The molecule has 1 atom stereocenters. The van der Waals surface area contributed by atoms with Gasteiger partial charge in [0.05, 0.1) is 42.9 Å². The molecule has 0 amide bonds. The molecule has 0 bridgehead atoms. The van der Waals surface area contributed by atoms with Gasteiger partial charge >= 0.3 is 5.97 Å². The number of anilines is 3. The van der Waals surface area contributed by atoms with Gasteiger partial charge in [-0.15, -0.1) is 0 Å². The van der Waals surface area contributed by atoms with Crippen LogP contribution in [0.5, 0.6) is 0 Å². The van der Waals surface area contributed by atoms with E-state index in [1.807, 2.05) is 41.6 Å². The highest BCUT2D eigenvalue weighted by Gasteiger charge is 2.35. The molecule has 9 nitrogen and oxygen atoms in total. The van der Waals surface area contributed by atoms with Gasteiger partial charge in [0, 0.05) is 41.9 Å². The van der Waals surface area contributed by atoms with E-state index >= 15 is 0 Å². The SMILES string of the molecule is O=C(O)c1cncc(N2CC3COCCN3c3nc(-c4cccc5[nH]ccc45)ncc32)c1. The molecule has 0 spiro atoms. The van der Waals surface area contributed by atoms with Crippen molar-refractivity contribution in [1.29, 1.82) is 0 Å². The number of hydrogen-bond donors (Lipinski definition) is 2. The first-order valence-corrected chi connectivity index (χ1v) is 10.4. The van der Waals surface area contributed by atoms with Crippen LogP contribution in [0.2, 0.25) is 0 Å². The first kappa shape index (κ1) is 18.8. The second-order valence-corrected chi connectivity index (χ2v) is 7.92. The molecule has 1 fully saturated rings. The Morgan fingerprint density at radius 2 is 2.16 bits per heavy atom. The van der Waals surface area contributed by atoms with Gasteiger partial charge in [-0.3, -0.25) is 4.98 Å². The van der Waals surface area contributed by atoms with Crippen LogP contribution in [0.4, 0.5) is 17.2 Å². The molecule has 2 aliphatic heterocycles. The van der Waals surface area contributed by atoms with Gasteiger partial charge < -0.3 is 24.6 Å². The van der Waals surface area contributed by atoms with Gasteiger partial charge in [0.15, 0.2) is 11.6 Å². The molecule has 32 heavy (non-hydrogen) atoms. The van der Waals surface area contributed by atoms with E-state index in [0.29, 0.717) is 31.3 Å². The molecule has 1 unspecified atom stereocenters. The molecule has 9 heteroatoms. The van der Waals surface area contributed by atoms with E-state index in [1.165, 1.54) is 6.20 Å². The average Bonchev–Trinajstić information content (AvgIpc) is 3.32. The number of fused-ring (bicyclic) bond motifs is 4. The summed E-state index contributed by atoms with van der Waals surface area (Å²) >= 11 is 0. The Balaban J connectivity index is 1.50. The second-order valence-electron chi connectivity index (χ2n) is 7.92. The maximum Gasteiger partial charge on any atom is 0.337 e. The third-order valence-electron chi connectivity index (χ3n) is 6.05. The largest absolute Gasteiger partial charge is 0.478 e. The van der Waals surface area contributed by atoms with Crippen molar-refractivity contribution in [2.45, 2.75) is 6.04 Å². The lowest BCUT2D eigenvalue weighted by atomic mass is 10.1. The fraction of sp³-hybridized carbons (Fsp3) is 0.217. The Labute approximate surface area is 183 Å². The summed E-state index contributed by atoms with van der Waals surface area (Å²) in [5.74, 6) is 0.465. The zero-order valence-corrected chi connectivity index (χ0v) is 17.1. The third-order valence-corrected chi connectivity index (χ3v) is 6.05. The monoisotopic (exact) mass is 428 g/mol. The topological polar surface area (TPSA) is 107 Å². The molecule has 2 aliphatic rings. The van der Waals surface area contributed by atoms with Gasteiger partial charge in [0.1, 0.15) is 5.69 Å². The van der Waals surface area contributed by atoms with Crippen LogP contribution in [0.1, 0.15) is 10.4 Å². The van der Waals surface area contributed by atoms with Crippen LogP contribution in [-0.2, 0) is 4.74 Å². The molecule has 160 valence electrons. The normalized spacial score (nSPS) is 17.8. The molecule has 0 saturated carbocycles. The fourth-order valence-electron chi connectivity index (χ4n) is 4.51. The maximum atomic E-state index is 11.5. The van der Waals surface area contributed by atoms with Crippen LogP contribution in [0, 0.1) is 0 Å². The number of morpholine rings is 1. The number of ether oxygens (including phenoxy) is 1.